The average molecular weight is 489 g/mol. The van der Waals surface area contributed by atoms with Gasteiger partial charge in [0, 0.05) is 26.4 Å². The zero-order chi connectivity index (χ0) is 24.6. The Balaban J connectivity index is 2.16. The van der Waals surface area contributed by atoms with E-state index in [1.807, 2.05) is 0 Å². The fraction of sp³-hybridized carbons (Fsp3) is 1.00. The predicted octanol–water partition coefficient (Wildman–Crippen LogP) is 4.67. The van der Waals surface area contributed by atoms with Gasteiger partial charge in [0.2, 0.25) is 0 Å². The molecule has 5 unspecified atom stereocenters. The molecule has 0 aliphatic carbocycles. The Hall–Kier alpha value is -0.280. The molecule has 0 aromatic carbocycles. The van der Waals surface area contributed by atoms with E-state index >= 15 is 0 Å². The Bertz CT molecular complexity index is 492. The van der Waals surface area contributed by atoms with Gasteiger partial charge in [-0.2, -0.15) is 0 Å². The van der Waals surface area contributed by atoms with Crippen LogP contribution in [-0.4, -0.2) is 87.5 Å². The van der Waals surface area contributed by atoms with Crippen LogP contribution in [-0.2, 0) is 28.4 Å². The standard InChI is InChI=1S/C27H52O7/c1-5-9-15-29-20-24-26(31-17-11-7-3)27(32-18-12-8-4)25(30-16-10-6-2)22(34-24)14-13-21-23(19-28)33-21/h21-28H,5-20H2,1-4H3/t21?,22-,23?,24?,25?,26+,27?/m1/s1. The summed E-state index contributed by atoms with van der Waals surface area (Å²) < 4.78 is 37.6. The molecule has 0 spiro atoms. The van der Waals surface area contributed by atoms with Crippen molar-refractivity contribution in [2.24, 2.45) is 0 Å². The SMILES string of the molecule is CCCCOCC1O[C@H](CCC2OC2CO)C(OCCCC)C(OCCCC)[C@H]1OCCCC. The Kier molecular flexibility index (Phi) is 15.9. The molecule has 2 saturated heterocycles. The Labute approximate surface area is 208 Å². The van der Waals surface area contributed by atoms with Gasteiger partial charge in [-0.25, -0.2) is 0 Å². The number of aliphatic hydroxyl groups is 1. The smallest absolute Gasteiger partial charge is 0.115 e. The minimum absolute atomic E-state index is 0.0297. The lowest BCUT2D eigenvalue weighted by atomic mass is 9.91. The van der Waals surface area contributed by atoms with Crippen LogP contribution >= 0.6 is 0 Å². The van der Waals surface area contributed by atoms with E-state index in [1.54, 1.807) is 0 Å². The summed E-state index contributed by atoms with van der Waals surface area (Å²) in [5.41, 5.74) is 0. The third-order valence-corrected chi connectivity index (χ3v) is 6.68. The van der Waals surface area contributed by atoms with Gasteiger partial charge in [0.05, 0.1) is 25.4 Å². The van der Waals surface area contributed by atoms with Crippen LogP contribution in [0.15, 0.2) is 0 Å². The molecule has 0 aromatic rings. The van der Waals surface area contributed by atoms with Gasteiger partial charge in [0.15, 0.2) is 0 Å². The molecule has 2 aliphatic heterocycles. The molecule has 0 amide bonds. The summed E-state index contributed by atoms with van der Waals surface area (Å²) in [6.07, 6.45) is 9.26. The van der Waals surface area contributed by atoms with E-state index in [1.165, 1.54) is 0 Å². The van der Waals surface area contributed by atoms with Crippen molar-refractivity contribution < 1.29 is 33.5 Å². The maximum absolute atomic E-state index is 9.36. The number of ether oxygens (including phenoxy) is 6. The minimum atomic E-state index is -0.213. The highest BCUT2D eigenvalue weighted by atomic mass is 16.6. The lowest BCUT2D eigenvalue weighted by Gasteiger charge is -2.46. The highest BCUT2D eigenvalue weighted by Crippen LogP contribution is 2.34. The van der Waals surface area contributed by atoms with Crippen LogP contribution in [0.5, 0.6) is 0 Å². The van der Waals surface area contributed by atoms with Crippen molar-refractivity contribution in [2.45, 2.75) is 135 Å². The van der Waals surface area contributed by atoms with Gasteiger partial charge in [0.1, 0.15) is 30.5 Å². The van der Waals surface area contributed by atoms with Gasteiger partial charge < -0.3 is 33.5 Å². The predicted molar refractivity (Wildman–Crippen MR) is 133 cm³/mol. The summed E-state index contributed by atoms with van der Waals surface area (Å²) >= 11 is 0. The third-order valence-electron chi connectivity index (χ3n) is 6.68. The molecule has 0 saturated carbocycles. The van der Waals surface area contributed by atoms with E-state index in [2.05, 4.69) is 27.7 Å². The van der Waals surface area contributed by atoms with E-state index in [0.29, 0.717) is 26.4 Å². The second-order valence-electron chi connectivity index (χ2n) is 9.68. The van der Waals surface area contributed by atoms with Crippen LogP contribution in [0.25, 0.3) is 0 Å². The largest absolute Gasteiger partial charge is 0.394 e. The van der Waals surface area contributed by atoms with E-state index in [-0.39, 0.29) is 49.3 Å². The topological polar surface area (TPSA) is 78.9 Å². The first kappa shape index (κ1) is 29.9. The average Bonchev–Trinajstić information content (AvgIpc) is 3.62. The zero-order valence-corrected chi connectivity index (χ0v) is 22.3. The lowest BCUT2D eigenvalue weighted by Crippen LogP contribution is -2.61. The van der Waals surface area contributed by atoms with Crippen LogP contribution in [0, 0.1) is 0 Å². The van der Waals surface area contributed by atoms with Gasteiger partial charge in [-0.1, -0.05) is 53.4 Å². The number of epoxide rings is 1. The molecule has 2 heterocycles. The van der Waals surface area contributed by atoms with Crippen molar-refractivity contribution in [2.75, 3.05) is 39.6 Å². The first-order valence-electron chi connectivity index (χ1n) is 14.0. The van der Waals surface area contributed by atoms with E-state index in [4.69, 9.17) is 28.4 Å². The van der Waals surface area contributed by atoms with Gasteiger partial charge in [0.25, 0.3) is 0 Å². The minimum Gasteiger partial charge on any atom is -0.394 e. The second-order valence-corrected chi connectivity index (χ2v) is 9.68. The van der Waals surface area contributed by atoms with Crippen molar-refractivity contribution in [1.29, 1.82) is 0 Å². The summed E-state index contributed by atoms with van der Waals surface area (Å²) in [7, 11) is 0. The van der Waals surface area contributed by atoms with E-state index in [0.717, 1.165) is 70.8 Å². The molecule has 2 aliphatic rings. The number of hydrogen-bond acceptors (Lipinski definition) is 7. The summed E-state index contributed by atoms with van der Waals surface area (Å²) in [5.74, 6) is 0. The van der Waals surface area contributed by atoms with E-state index in [9.17, 15) is 5.11 Å². The van der Waals surface area contributed by atoms with Gasteiger partial charge >= 0.3 is 0 Å². The summed E-state index contributed by atoms with van der Waals surface area (Å²) in [6, 6.07) is 0. The molecule has 7 atom stereocenters. The van der Waals surface area contributed by atoms with Crippen molar-refractivity contribution >= 4 is 0 Å². The van der Waals surface area contributed by atoms with Gasteiger partial charge in [-0.05, 0) is 38.5 Å². The Morgan fingerprint density at radius 3 is 1.56 bits per heavy atom. The molecular weight excluding hydrogens is 436 g/mol. The summed E-state index contributed by atoms with van der Waals surface area (Å²) in [5, 5.41) is 9.36. The first-order chi connectivity index (χ1) is 16.7. The quantitative estimate of drug-likeness (QED) is 0.186. The van der Waals surface area contributed by atoms with Crippen LogP contribution in [0.3, 0.4) is 0 Å². The number of unbranched alkanes of at least 4 members (excludes halogenated alkanes) is 4. The Morgan fingerprint density at radius 1 is 0.559 bits per heavy atom. The van der Waals surface area contributed by atoms with E-state index < -0.39 is 0 Å². The molecule has 202 valence electrons. The van der Waals surface area contributed by atoms with Gasteiger partial charge in [-0.15, -0.1) is 0 Å². The monoisotopic (exact) mass is 488 g/mol. The maximum atomic E-state index is 9.36. The molecule has 34 heavy (non-hydrogen) atoms. The molecule has 7 nitrogen and oxygen atoms in total. The normalized spacial score (nSPS) is 31.1. The van der Waals surface area contributed by atoms with Crippen LogP contribution in [0.1, 0.15) is 91.9 Å². The second kappa shape index (κ2) is 18.0. The van der Waals surface area contributed by atoms with Crippen molar-refractivity contribution in [3.8, 4) is 0 Å². The molecule has 7 heteroatoms. The molecule has 0 radical (unpaired) electrons. The molecule has 1 N–H and O–H groups in total. The molecule has 0 bridgehead atoms. The van der Waals surface area contributed by atoms with Crippen LogP contribution in [0.4, 0.5) is 0 Å². The van der Waals surface area contributed by atoms with Crippen LogP contribution < -0.4 is 0 Å². The highest BCUT2D eigenvalue weighted by molar-refractivity contribution is 4.97. The molecular formula is C27H52O7. The summed E-state index contributed by atoms with van der Waals surface area (Å²) in [6.45, 7) is 12.1. The number of rotatable bonds is 21. The fourth-order valence-corrected chi connectivity index (χ4v) is 4.41. The summed E-state index contributed by atoms with van der Waals surface area (Å²) in [4.78, 5) is 0. The maximum Gasteiger partial charge on any atom is 0.115 e. The number of aliphatic hydroxyl groups excluding tert-OH is 1. The van der Waals surface area contributed by atoms with Crippen molar-refractivity contribution in [1.82, 2.24) is 0 Å². The van der Waals surface area contributed by atoms with Crippen molar-refractivity contribution in [3.05, 3.63) is 0 Å². The van der Waals surface area contributed by atoms with Crippen molar-refractivity contribution in [3.63, 3.8) is 0 Å². The lowest BCUT2D eigenvalue weighted by molar-refractivity contribution is -0.267. The fourth-order valence-electron chi connectivity index (χ4n) is 4.41. The highest BCUT2D eigenvalue weighted by Gasteiger charge is 2.49. The first-order valence-corrected chi connectivity index (χ1v) is 14.0. The number of hydrogen-bond donors (Lipinski definition) is 1. The Morgan fingerprint density at radius 2 is 1.03 bits per heavy atom. The van der Waals surface area contributed by atoms with Crippen LogP contribution in [0.2, 0.25) is 0 Å². The molecule has 0 aromatic heterocycles. The third kappa shape index (κ3) is 10.4. The van der Waals surface area contributed by atoms with Gasteiger partial charge in [-0.3, -0.25) is 0 Å². The zero-order valence-electron chi connectivity index (χ0n) is 22.3. The molecule has 2 fully saturated rings. The molecule has 2 rings (SSSR count).